The van der Waals surface area contributed by atoms with E-state index in [1.165, 1.54) is 15.6 Å². The second kappa shape index (κ2) is 6.27. The lowest BCUT2D eigenvalue weighted by molar-refractivity contribution is -0.917. The number of carbonyl (C=O) groups is 1. The van der Waals surface area contributed by atoms with Crippen molar-refractivity contribution < 1.29 is 18.1 Å². The zero-order chi connectivity index (χ0) is 15.7. The Morgan fingerprint density at radius 3 is 2.64 bits per heavy atom. The van der Waals surface area contributed by atoms with Crippen molar-refractivity contribution in [2.75, 3.05) is 26.2 Å². The summed E-state index contributed by atoms with van der Waals surface area (Å²) in [6, 6.07) is 3.65. The summed E-state index contributed by atoms with van der Waals surface area (Å²) in [5.41, 5.74) is 0. The molecule has 2 heterocycles. The average molecular weight is 344 g/mol. The predicted octanol–water partition coefficient (Wildman–Crippen LogP) is -0.696. The minimum absolute atomic E-state index is 0.0899. The van der Waals surface area contributed by atoms with Crippen LogP contribution in [0.2, 0.25) is 0 Å². The second-order valence-corrected chi connectivity index (χ2v) is 9.11. The Labute approximate surface area is 135 Å². The van der Waals surface area contributed by atoms with Gasteiger partial charge in [0.05, 0.1) is 26.2 Å². The molecule has 3 rings (SSSR count). The number of piperazine rings is 1. The van der Waals surface area contributed by atoms with Gasteiger partial charge in [0.25, 0.3) is 15.9 Å². The fraction of sp³-hybridized carbons (Fsp3) is 0.643. The largest absolute Gasteiger partial charge is 0.348 e. The summed E-state index contributed by atoms with van der Waals surface area (Å²) in [5.74, 6) is 0.0899. The Hall–Kier alpha value is -0.960. The molecule has 1 saturated carbocycles. The molecule has 1 atom stereocenters. The van der Waals surface area contributed by atoms with Gasteiger partial charge in [0, 0.05) is 6.04 Å². The highest BCUT2D eigenvalue weighted by Crippen LogP contribution is 2.21. The molecule has 8 heteroatoms. The molecular formula is C14H22N3O3S2+. The Morgan fingerprint density at radius 1 is 1.41 bits per heavy atom. The van der Waals surface area contributed by atoms with E-state index in [4.69, 9.17) is 0 Å². The number of carbonyl (C=O) groups excluding carboxylic acids is 1. The number of quaternary nitrogens is 1. The highest BCUT2D eigenvalue weighted by Gasteiger charge is 2.36. The number of hydrogen-bond donors (Lipinski definition) is 2. The number of nitrogens with one attached hydrogen (secondary N) is 2. The predicted molar refractivity (Wildman–Crippen MR) is 84.4 cm³/mol. The van der Waals surface area contributed by atoms with Gasteiger partial charge in [0.2, 0.25) is 0 Å². The molecule has 1 aromatic heterocycles. The van der Waals surface area contributed by atoms with E-state index < -0.39 is 10.0 Å². The lowest BCUT2D eigenvalue weighted by Crippen LogP contribution is -3.19. The van der Waals surface area contributed by atoms with Gasteiger partial charge in [-0.25, -0.2) is 8.42 Å². The van der Waals surface area contributed by atoms with E-state index in [9.17, 15) is 13.2 Å². The summed E-state index contributed by atoms with van der Waals surface area (Å²) >= 11 is 1.25. The van der Waals surface area contributed by atoms with Crippen LogP contribution in [0.25, 0.3) is 0 Å². The van der Waals surface area contributed by atoms with E-state index in [1.54, 1.807) is 17.5 Å². The molecule has 2 N–H and O–H groups in total. The van der Waals surface area contributed by atoms with Gasteiger partial charge in [0.15, 0.2) is 6.04 Å². The maximum Gasteiger partial charge on any atom is 0.278 e. The molecule has 0 unspecified atom stereocenters. The fourth-order valence-electron chi connectivity index (χ4n) is 2.72. The van der Waals surface area contributed by atoms with Crippen LogP contribution in [0.1, 0.15) is 19.8 Å². The third-order valence-electron chi connectivity index (χ3n) is 4.38. The van der Waals surface area contributed by atoms with Gasteiger partial charge < -0.3 is 10.2 Å². The average Bonchev–Trinajstić information content (AvgIpc) is 3.15. The number of sulfonamides is 1. The van der Waals surface area contributed by atoms with Crippen molar-refractivity contribution >= 4 is 27.3 Å². The molecule has 0 radical (unpaired) electrons. The van der Waals surface area contributed by atoms with Crippen LogP contribution in [0, 0.1) is 0 Å². The molecule has 22 heavy (non-hydrogen) atoms. The minimum Gasteiger partial charge on any atom is -0.348 e. The van der Waals surface area contributed by atoms with Gasteiger partial charge in [-0.15, -0.1) is 11.3 Å². The van der Waals surface area contributed by atoms with Crippen LogP contribution in [-0.2, 0) is 14.8 Å². The van der Waals surface area contributed by atoms with Crippen molar-refractivity contribution in [3.63, 3.8) is 0 Å². The van der Waals surface area contributed by atoms with Crippen molar-refractivity contribution in [1.29, 1.82) is 0 Å². The third kappa shape index (κ3) is 3.34. The highest BCUT2D eigenvalue weighted by molar-refractivity contribution is 7.91. The van der Waals surface area contributed by atoms with E-state index in [0.29, 0.717) is 36.4 Å². The number of amides is 1. The van der Waals surface area contributed by atoms with Gasteiger partial charge in [-0.3, -0.25) is 4.79 Å². The van der Waals surface area contributed by atoms with Gasteiger partial charge in [0.1, 0.15) is 4.21 Å². The lowest BCUT2D eigenvalue weighted by Gasteiger charge is -2.33. The monoisotopic (exact) mass is 344 g/mol. The smallest absolute Gasteiger partial charge is 0.278 e. The highest BCUT2D eigenvalue weighted by atomic mass is 32.2. The number of rotatable bonds is 5. The van der Waals surface area contributed by atoms with Crippen LogP contribution < -0.4 is 10.2 Å². The van der Waals surface area contributed by atoms with Crippen molar-refractivity contribution in [2.24, 2.45) is 0 Å². The maximum atomic E-state index is 12.5. The van der Waals surface area contributed by atoms with Gasteiger partial charge in [-0.1, -0.05) is 6.07 Å². The number of nitrogens with zero attached hydrogens (tertiary/aromatic N) is 1. The first kappa shape index (κ1) is 15.9. The minimum atomic E-state index is -3.36. The number of hydrogen-bond acceptors (Lipinski definition) is 4. The quantitative estimate of drug-likeness (QED) is 0.742. The van der Waals surface area contributed by atoms with Crippen molar-refractivity contribution in [3.05, 3.63) is 17.5 Å². The Morgan fingerprint density at radius 2 is 2.09 bits per heavy atom. The van der Waals surface area contributed by atoms with Crippen LogP contribution in [0.15, 0.2) is 21.7 Å². The van der Waals surface area contributed by atoms with Crippen molar-refractivity contribution in [2.45, 2.75) is 36.1 Å². The summed E-state index contributed by atoms with van der Waals surface area (Å²) < 4.78 is 26.9. The SMILES string of the molecule is C[C@@H](C(=O)NC1CC1)[NH+]1CCN(S(=O)(=O)c2cccs2)CC1. The Bertz CT molecular complexity index is 618. The summed E-state index contributed by atoms with van der Waals surface area (Å²) in [6.45, 7) is 4.21. The molecule has 1 aliphatic heterocycles. The molecule has 0 spiro atoms. The number of thiophene rings is 1. The standard InChI is InChI=1S/C14H21N3O3S2/c1-11(14(18)15-12-4-5-12)16-6-8-17(9-7-16)22(19,20)13-3-2-10-21-13/h2-3,10-12H,4-9H2,1H3,(H,15,18)/p+1/t11-/m0/s1. The first-order valence-electron chi connectivity index (χ1n) is 7.67. The normalized spacial score (nSPS) is 22.4. The molecule has 2 fully saturated rings. The molecule has 0 aromatic carbocycles. The molecule has 1 saturated heterocycles. The van der Waals surface area contributed by atoms with Crippen LogP contribution in [0.3, 0.4) is 0 Å². The molecule has 0 bridgehead atoms. The van der Waals surface area contributed by atoms with E-state index in [-0.39, 0.29) is 11.9 Å². The molecule has 1 aromatic rings. The van der Waals surface area contributed by atoms with Crippen molar-refractivity contribution in [3.8, 4) is 0 Å². The van der Waals surface area contributed by atoms with Crippen LogP contribution in [0.5, 0.6) is 0 Å². The maximum absolute atomic E-state index is 12.5. The Balaban J connectivity index is 1.57. The van der Waals surface area contributed by atoms with Crippen LogP contribution in [0.4, 0.5) is 0 Å². The zero-order valence-electron chi connectivity index (χ0n) is 12.6. The van der Waals surface area contributed by atoms with Gasteiger partial charge in [-0.05, 0) is 31.2 Å². The molecule has 6 nitrogen and oxygen atoms in total. The summed E-state index contributed by atoms with van der Waals surface area (Å²) in [4.78, 5) is 13.3. The van der Waals surface area contributed by atoms with Crippen LogP contribution in [-0.4, -0.2) is 56.9 Å². The zero-order valence-corrected chi connectivity index (χ0v) is 14.3. The second-order valence-electron chi connectivity index (χ2n) is 6.00. The summed E-state index contributed by atoms with van der Waals surface area (Å²) in [6.07, 6.45) is 2.17. The van der Waals surface area contributed by atoms with E-state index in [1.807, 2.05) is 6.92 Å². The fourth-order valence-corrected chi connectivity index (χ4v) is 5.31. The molecule has 1 amide bonds. The summed E-state index contributed by atoms with van der Waals surface area (Å²) in [7, 11) is -3.36. The molecular weight excluding hydrogens is 322 g/mol. The van der Waals surface area contributed by atoms with Crippen molar-refractivity contribution in [1.82, 2.24) is 9.62 Å². The molecule has 122 valence electrons. The van der Waals surface area contributed by atoms with Gasteiger partial charge >= 0.3 is 0 Å². The molecule has 1 aliphatic carbocycles. The first-order valence-corrected chi connectivity index (χ1v) is 9.99. The lowest BCUT2D eigenvalue weighted by atomic mass is 10.2. The van der Waals surface area contributed by atoms with Gasteiger partial charge in [-0.2, -0.15) is 4.31 Å². The summed E-state index contributed by atoms with van der Waals surface area (Å²) in [5, 5.41) is 4.80. The molecule has 2 aliphatic rings. The van der Waals surface area contributed by atoms with E-state index >= 15 is 0 Å². The Kier molecular flexibility index (Phi) is 4.54. The third-order valence-corrected chi connectivity index (χ3v) is 7.65. The van der Waals surface area contributed by atoms with E-state index in [0.717, 1.165) is 17.7 Å². The van der Waals surface area contributed by atoms with E-state index in [2.05, 4.69) is 5.32 Å². The first-order chi connectivity index (χ1) is 10.5. The topological polar surface area (TPSA) is 70.9 Å². The van der Waals surface area contributed by atoms with Crippen LogP contribution >= 0.6 is 11.3 Å².